The summed E-state index contributed by atoms with van der Waals surface area (Å²) >= 11 is 0. The van der Waals surface area contributed by atoms with Crippen molar-refractivity contribution >= 4 is 38.6 Å². The van der Waals surface area contributed by atoms with Crippen molar-refractivity contribution in [2.45, 2.75) is 11.4 Å². The van der Waals surface area contributed by atoms with E-state index in [9.17, 15) is 18.0 Å². The molecule has 11 nitrogen and oxygen atoms in total. The Bertz CT molecular complexity index is 1300. The molecular weight excluding hydrogens is 464 g/mol. The molecular formula is C22H24N4O7S. The Kier molecular flexibility index (Phi) is 7.10. The van der Waals surface area contributed by atoms with Crippen LogP contribution in [0, 0.1) is 0 Å². The lowest BCUT2D eigenvalue weighted by Crippen LogP contribution is -2.40. The van der Waals surface area contributed by atoms with E-state index in [1.54, 1.807) is 4.57 Å². The Morgan fingerprint density at radius 3 is 2.68 bits per heavy atom. The molecule has 0 aliphatic carbocycles. The van der Waals surface area contributed by atoms with Crippen molar-refractivity contribution in [1.29, 1.82) is 0 Å². The van der Waals surface area contributed by atoms with E-state index >= 15 is 0 Å². The normalized spacial score (nSPS) is 14.6. The third-order valence-electron chi connectivity index (χ3n) is 5.24. The molecule has 1 N–H and O–H groups in total. The maximum Gasteiger partial charge on any atom is 0.326 e. The number of benzene rings is 2. The second kappa shape index (κ2) is 10.2. The SMILES string of the molecule is COc1ccc(S(=O)(=O)N2CCOCC2)cc1NC(=O)COC(=O)Cn1cnc2ccccc21. The first-order valence-corrected chi connectivity index (χ1v) is 11.9. The van der Waals surface area contributed by atoms with Gasteiger partial charge in [-0.15, -0.1) is 0 Å². The Hall–Kier alpha value is -3.48. The second-order valence-electron chi connectivity index (χ2n) is 7.45. The van der Waals surface area contributed by atoms with Gasteiger partial charge in [-0.1, -0.05) is 12.1 Å². The van der Waals surface area contributed by atoms with Gasteiger partial charge in [0.05, 0.1) is 48.3 Å². The van der Waals surface area contributed by atoms with Crippen molar-refractivity contribution < 1.29 is 32.2 Å². The summed E-state index contributed by atoms with van der Waals surface area (Å²) in [5.41, 5.74) is 1.66. The average Bonchev–Trinajstić information content (AvgIpc) is 3.26. The van der Waals surface area contributed by atoms with E-state index in [-0.39, 0.29) is 36.0 Å². The number of nitrogens with one attached hydrogen (secondary N) is 1. The minimum Gasteiger partial charge on any atom is -0.495 e. The van der Waals surface area contributed by atoms with Gasteiger partial charge in [0.1, 0.15) is 12.3 Å². The number of hydrogen-bond donors (Lipinski definition) is 1. The number of aromatic nitrogens is 2. The predicted molar refractivity (Wildman–Crippen MR) is 122 cm³/mol. The fraction of sp³-hybridized carbons (Fsp3) is 0.318. The molecule has 0 saturated carbocycles. The Morgan fingerprint density at radius 1 is 1.15 bits per heavy atom. The summed E-state index contributed by atoms with van der Waals surface area (Å²) in [4.78, 5) is 28.9. The third-order valence-corrected chi connectivity index (χ3v) is 7.14. The lowest BCUT2D eigenvalue weighted by atomic mass is 10.3. The van der Waals surface area contributed by atoms with Gasteiger partial charge in [-0.25, -0.2) is 13.4 Å². The van der Waals surface area contributed by atoms with Crippen molar-refractivity contribution in [3.8, 4) is 5.75 Å². The maximum absolute atomic E-state index is 12.9. The highest BCUT2D eigenvalue weighted by Crippen LogP contribution is 2.29. The van der Waals surface area contributed by atoms with Gasteiger partial charge < -0.3 is 24.1 Å². The third kappa shape index (κ3) is 5.19. The van der Waals surface area contributed by atoms with Gasteiger partial charge in [-0.2, -0.15) is 4.31 Å². The van der Waals surface area contributed by atoms with Crippen molar-refractivity contribution in [3.63, 3.8) is 0 Å². The number of ether oxygens (including phenoxy) is 3. The first-order valence-electron chi connectivity index (χ1n) is 10.5. The molecule has 4 rings (SSSR count). The summed E-state index contributed by atoms with van der Waals surface area (Å²) in [5, 5.41) is 2.55. The highest BCUT2D eigenvalue weighted by Gasteiger charge is 2.27. The van der Waals surface area contributed by atoms with Gasteiger partial charge in [0, 0.05) is 13.1 Å². The number of imidazole rings is 1. The molecule has 0 spiro atoms. The number of anilines is 1. The summed E-state index contributed by atoms with van der Waals surface area (Å²) in [6.45, 7) is 0.480. The van der Waals surface area contributed by atoms with Crippen LogP contribution in [-0.4, -0.2) is 74.2 Å². The highest BCUT2D eigenvalue weighted by atomic mass is 32.2. The number of sulfonamides is 1. The van der Waals surface area contributed by atoms with E-state index in [0.29, 0.717) is 13.2 Å². The number of rotatable bonds is 8. The lowest BCUT2D eigenvalue weighted by molar-refractivity contribution is -0.147. The largest absolute Gasteiger partial charge is 0.495 e. The van der Waals surface area contributed by atoms with Crippen LogP contribution in [0.1, 0.15) is 0 Å². The number of nitrogens with zero attached hydrogens (tertiary/aromatic N) is 3. The molecule has 180 valence electrons. The van der Waals surface area contributed by atoms with Gasteiger partial charge in [0.25, 0.3) is 5.91 Å². The van der Waals surface area contributed by atoms with Crippen LogP contribution in [0.4, 0.5) is 5.69 Å². The zero-order chi connectivity index (χ0) is 24.1. The van der Waals surface area contributed by atoms with Gasteiger partial charge in [0.15, 0.2) is 6.61 Å². The van der Waals surface area contributed by atoms with E-state index < -0.39 is 28.5 Å². The number of hydrogen-bond acceptors (Lipinski definition) is 8. The number of methoxy groups -OCH3 is 1. The number of fused-ring (bicyclic) bond motifs is 1. The Morgan fingerprint density at radius 2 is 1.91 bits per heavy atom. The molecule has 1 aliphatic heterocycles. The monoisotopic (exact) mass is 488 g/mol. The molecule has 2 heterocycles. The molecule has 34 heavy (non-hydrogen) atoms. The molecule has 0 atom stereocenters. The molecule has 0 radical (unpaired) electrons. The fourth-order valence-electron chi connectivity index (χ4n) is 3.53. The van der Waals surface area contributed by atoms with Gasteiger partial charge in [-0.05, 0) is 30.3 Å². The first-order chi connectivity index (χ1) is 16.4. The molecule has 0 unspecified atom stereocenters. The van der Waals surface area contributed by atoms with Crippen molar-refractivity contribution in [3.05, 3.63) is 48.8 Å². The van der Waals surface area contributed by atoms with Gasteiger partial charge >= 0.3 is 5.97 Å². The summed E-state index contributed by atoms with van der Waals surface area (Å²) in [5.74, 6) is -0.984. The number of carbonyl (C=O) groups excluding carboxylic acids is 2. The molecule has 3 aromatic rings. The van der Waals surface area contributed by atoms with E-state index in [2.05, 4.69) is 10.3 Å². The van der Waals surface area contributed by atoms with Crippen molar-refractivity contribution in [1.82, 2.24) is 13.9 Å². The van der Waals surface area contributed by atoms with Crippen LogP contribution in [0.15, 0.2) is 53.7 Å². The van der Waals surface area contributed by atoms with Crippen LogP contribution in [-0.2, 0) is 35.6 Å². The first kappa shape index (κ1) is 23.7. The minimum absolute atomic E-state index is 0.00878. The quantitative estimate of drug-likeness (QED) is 0.469. The smallest absolute Gasteiger partial charge is 0.326 e. The highest BCUT2D eigenvalue weighted by molar-refractivity contribution is 7.89. The van der Waals surface area contributed by atoms with Crippen LogP contribution in [0.25, 0.3) is 11.0 Å². The minimum atomic E-state index is -3.77. The topological polar surface area (TPSA) is 129 Å². The lowest BCUT2D eigenvalue weighted by Gasteiger charge is -2.26. The standard InChI is InChI=1S/C22H24N4O7S/c1-31-20-7-6-16(34(29,30)26-8-10-32-11-9-26)12-18(20)24-21(27)14-33-22(28)13-25-15-23-17-4-2-3-5-19(17)25/h2-7,12,15H,8-11,13-14H2,1H3,(H,24,27). The number of esters is 1. The van der Waals surface area contributed by atoms with Crippen molar-refractivity contribution in [2.24, 2.45) is 0 Å². The maximum atomic E-state index is 12.9. The molecule has 1 saturated heterocycles. The number of morpholine rings is 1. The van der Waals surface area contributed by atoms with E-state index in [1.807, 2.05) is 24.3 Å². The zero-order valence-corrected chi connectivity index (χ0v) is 19.3. The molecule has 12 heteroatoms. The Labute approximate surface area is 196 Å². The van der Waals surface area contributed by atoms with Gasteiger partial charge in [-0.3, -0.25) is 9.59 Å². The number of amides is 1. The van der Waals surface area contributed by atoms with Gasteiger partial charge in [0.2, 0.25) is 10.0 Å². The molecule has 1 fully saturated rings. The summed E-state index contributed by atoms with van der Waals surface area (Å²) in [6, 6.07) is 11.5. The summed E-state index contributed by atoms with van der Waals surface area (Å²) < 4.78 is 44.3. The van der Waals surface area contributed by atoms with Crippen molar-refractivity contribution in [2.75, 3.05) is 45.3 Å². The summed E-state index contributed by atoms with van der Waals surface area (Å²) in [7, 11) is -2.37. The molecule has 1 amide bonds. The fourth-order valence-corrected chi connectivity index (χ4v) is 4.97. The molecule has 1 aliphatic rings. The predicted octanol–water partition coefficient (Wildman–Crippen LogP) is 1.25. The summed E-state index contributed by atoms with van der Waals surface area (Å²) in [6.07, 6.45) is 1.53. The van der Waals surface area contributed by atoms with E-state index in [1.165, 1.54) is 35.9 Å². The van der Waals surface area contributed by atoms with Crippen LogP contribution in [0.5, 0.6) is 5.75 Å². The van der Waals surface area contributed by atoms with E-state index in [0.717, 1.165) is 11.0 Å². The number of para-hydroxylation sites is 2. The zero-order valence-electron chi connectivity index (χ0n) is 18.5. The van der Waals surface area contributed by atoms with Crippen LogP contribution < -0.4 is 10.1 Å². The molecule has 1 aromatic heterocycles. The molecule has 2 aromatic carbocycles. The Balaban J connectivity index is 1.39. The van der Waals surface area contributed by atoms with E-state index in [4.69, 9.17) is 14.2 Å². The van der Waals surface area contributed by atoms with Crippen LogP contribution in [0.3, 0.4) is 0 Å². The van der Waals surface area contributed by atoms with Crippen LogP contribution in [0.2, 0.25) is 0 Å². The number of carbonyl (C=O) groups is 2. The molecule has 0 bridgehead atoms. The average molecular weight is 489 g/mol. The second-order valence-corrected chi connectivity index (χ2v) is 9.39. The van der Waals surface area contributed by atoms with Crippen LogP contribution >= 0.6 is 0 Å².